The molecule has 2 nitrogen and oxygen atoms in total. The maximum atomic E-state index is 8.74. The molecule has 0 aromatic heterocycles. The van der Waals surface area contributed by atoms with E-state index in [-0.39, 0.29) is 0 Å². The first-order chi connectivity index (χ1) is 8.41. The molecule has 0 bridgehead atoms. The van der Waals surface area contributed by atoms with E-state index in [0.29, 0.717) is 23.4 Å². The summed E-state index contributed by atoms with van der Waals surface area (Å²) in [6, 6.07) is 0. The van der Waals surface area contributed by atoms with E-state index in [4.69, 9.17) is 9.84 Å². The number of aliphatic hydroxyl groups excluding tert-OH is 1. The van der Waals surface area contributed by atoms with Crippen LogP contribution in [0, 0.1) is 16.7 Å². The summed E-state index contributed by atoms with van der Waals surface area (Å²) < 4.78 is 5.70. The van der Waals surface area contributed by atoms with Gasteiger partial charge in [0, 0.05) is 19.8 Å². The molecular formula is C16H32O2. The summed E-state index contributed by atoms with van der Waals surface area (Å²) in [4.78, 5) is 0. The minimum absolute atomic E-state index is 0.304. The lowest BCUT2D eigenvalue weighted by Gasteiger charge is -2.15. The van der Waals surface area contributed by atoms with E-state index in [1.165, 1.54) is 25.7 Å². The SMILES string of the molecule is CC(CCCO)COCCCCC1(C)CC1(C)C. The molecule has 0 aromatic carbocycles. The van der Waals surface area contributed by atoms with Crippen LogP contribution in [0.5, 0.6) is 0 Å². The quantitative estimate of drug-likeness (QED) is 0.598. The number of rotatable bonds is 10. The summed E-state index contributed by atoms with van der Waals surface area (Å²) >= 11 is 0. The number of hydrogen-bond acceptors (Lipinski definition) is 2. The molecule has 0 spiro atoms. The molecule has 18 heavy (non-hydrogen) atoms. The maximum Gasteiger partial charge on any atom is 0.0491 e. The second-order valence-electron chi connectivity index (χ2n) is 7.12. The van der Waals surface area contributed by atoms with Crippen molar-refractivity contribution in [3.05, 3.63) is 0 Å². The molecule has 1 N–H and O–H groups in total. The van der Waals surface area contributed by atoms with Crippen molar-refractivity contribution in [2.24, 2.45) is 16.7 Å². The minimum atomic E-state index is 0.304. The van der Waals surface area contributed by atoms with E-state index in [2.05, 4.69) is 27.7 Å². The van der Waals surface area contributed by atoms with E-state index in [1.54, 1.807) is 0 Å². The Morgan fingerprint density at radius 1 is 1.17 bits per heavy atom. The highest BCUT2D eigenvalue weighted by molar-refractivity contribution is 5.05. The van der Waals surface area contributed by atoms with Crippen molar-refractivity contribution >= 4 is 0 Å². The summed E-state index contributed by atoms with van der Waals surface area (Å²) in [7, 11) is 0. The van der Waals surface area contributed by atoms with Crippen molar-refractivity contribution in [3.63, 3.8) is 0 Å². The molecule has 1 saturated carbocycles. The van der Waals surface area contributed by atoms with Crippen molar-refractivity contribution in [2.75, 3.05) is 19.8 Å². The van der Waals surface area contributed by atoms with Crippen LogP contribution >= 0.6 is 0 Å². The lowest BCUT2D eigenvalue weighted by Crippen LogP contribution is -2.08. The number of ether oxygens (including phenoxy) is 1. The molecule has 0 amide bonds. The van der Waals surface area contributed by atoms with Gasteiger partial charge in [-0.1, -0.05) is 34.1 Å². The molecule has 0 radical (unpaired) electrons. The van der Waals surface area contributed by atoms with Gasteiger partial charge in [-0.15, -0.1) is 0 Å². The van der Waals surface area contributed by atoms with E-state index in [0.717, 1.165) is 26.1 Å². The predicted octanol–water partition coefficient (Wildman–Crippen LogP) is 4.02. The molecule has 0 heterocycles. The predicted molar refractivity (Wildman–Crippen MR) is 76.7 cm³/mol. The number of unbranched alkanes of at least 4 members (excludes halogenated alkanes) is 1. The third kappa shape index (κ3) is 4.89. The van der Waals surface area contributed by atoms with Gasteiger partial charge in [0.15, 0.2) is 0 Å². The Kier molecular flexibility index (Phi) is 6.13. The van der Waals surface area contributed by atoms with Crippen LogP contribution in [-0.2, 0) is 4.74 Å². The van der Waals surface area contributed by atoms with Crippen molar-refractivity contribution in [1.29, 1.82) is 0 Å². The summed E-state index contributed by atoms with van der Waals surface area (Å²) in [6.07, 6.45) is 7.20. The lowest BCUT2D eigenvalue weighted by molar-refractivity contribution is 0.0947. The molecule has 1 aliphatic rings. The third-order valence-corrected chi connectivity index (χ3v) is 4.87. The van der Waals surface area contributed by atoms with Crippen LogP contribution in [-0.4, -0.2) is 24.9 Å². The summed E-state index contributed by atoms with van der Waals surface area (Å²) in [6.45, 7) is 11.4. The Hall–Kier alpha value is -0.0800. The van der Waals surface area contributed by atoms with Gasteiger partial charge in [-0.05, 0) is 48.9 Å². The fourth-order valence-electron chi connectivity index (χ4n) is 2.88. The molecule has 0 aromatic rings. The van der Waals surface area contributed by atoms with Gasteiger partial charge in [0.1, 0.15) is 0 Å². The molecule has 1 aliphatic carbocycles. The molecule has 2 heteroatoms. The highest BCUT2D eigenvalue weighted by Gasteiger charge is 2.56. The van der Waals surface area contributed by atoms with E-state index in [9.17, 15) is 0 Å². The second kappa shape index (κ2) is 6.91. The molecule has 2 unspecified atom stereocenters. The van der Waals surface area contributed by atoms with Crippen LogP contribution in [0.3, 0.4) is 0 Å². The highest BCUT2D eigenvalue weighted by Crippen LogP contribution is 2.65. The average molecular weight is 256 g/mol. The zero-order valence-electron chi connectivity index (χ0n) is 12.8. The Morgan fingerprint density at radius 2 is 1.83 bits per heavy atom. The van der Waals surface area contributed by atoms with Crippen molar-refractivity contribution in [2.45, 2.75) is 66.2 Å². The van der Waals surface area contributed by atoms with Gasteiger partial charge in [0.25, 0.3) is 0 Å². The Balaban J connectivity index is 1.90. The average Bonchev–Trinajstić information content (AvgIpc) is 2.80. The van der Waals surface area contributed by atoms with Gasteiger partial charge in [-0.25, -0.2) is 0 Å². The van der Waals surface area contributed by atoms with Crippen LogP contribution < -0.4 is 0 Å². The van der Waals surface area contributed by atoms with Crippen LogP contribution in [0.25, 0.3) is 0 Å². The van der Waals surface area contributed by atoms with Gasteiger partial charge in [-0.2, -0.15) is 0 Å². The maximum absolute atomic E-state index is 8.74. The smallest absolute Gasteiger partial charge is 0.0491 e. The largest absolute Gasteiger partial charge is 0.396 e. The summed E-state index contributed by atoms with van der Waals surface area (Å²) in [5.41, 5.74) is 1.17. The normalized spacial score (nSPS) is 27.2. The molecule has 1 fully saturated rings. The van der Waals surface area contributed by atoms with E-state index < -0.39 is 0 Å². The number of aliphatic hydroxyl groups is 1. The first-order valence-corrected chi connectivity index (χ1v) is 7.60. The standard InChI is InChI=1S/C16H32O2/c1-14(8-7-10-17)12-18-11-6-5-9-16(4)13-15(16,2)3/h14,17H,5-13H2,1-4H3. The van der Waals surface area contributed by atoms with Crippen LogP contribution in [0.4, 0.5) is 0 Å². The summed E-state index contributed by atoms with van der Waals surface area (Å²) in [5, 5.41) is 8.74. The van der Waals surface area contributed by atoms with Gasteiger partial charge in [-0.3, -0.25) is 0 Å². The van der Waals surface area contributed by atoms with Gasteiger partial charge < -0.3 is 9.84 Å². The van der Waals surface area contributed by atoms with Crippen LogP contribution in [0.15, 0.2) is 0 Å². The molecule has 0 saturated heterocycles. The van der Waals surface area contributed by atoms with E-state index >= 15 is 0 Å². The Bertz CT molecular complexity index is 237. The van der Waals surface area contributed by atoms with Crippen molar-refractivity contribution in [1.82, 2.24) is 0 Å². The van der Waals surface area contributed by atoms with Gasteiger partial charge in [0.05, 0.1) is 0 Å². The second-order valence-corrected chi connectivity index (χ2v) is 7.12. The molecule has 0 aliphatic heterocycles. The van der Waals surface area contributed by atoms with Crippen LogP contribution in [0.1, 0.15) is 66.2 Å². The molecule has 1 rings (SSSR count). The first kappa shape index (κ1) is 16.0. The molecular weight excluding hydrogens is 224 g/mol. The zero-order valence-corrected chi connectivity index (χ0v) is 12.8. The minimum Gasteiger partial charge on any atom is -0.396 e. The molecule has 2 atom stereocenters. The van der Waals surface area contributed by atoms with E-state index in [1.807, 2.05) is 0 Å². The summed E-state index contributed by atoms with van der Waals surface area (Å²) in [5.74, 6) is 0.581. The highest BCUT2D eigenvalue weighted by atomic mass is 16.5. The van der Waals surface area contributed by atoms with Crippen molar-refractivity contribution < 1.29 is 9.84 Å². The molecule has 108 valence electrons. The topological polar surface area (TPSA) is 29.5 Å². The van der Waals surface area contributed by atoms with Crippen LogP contribution in [0.2, 0.25) is 0 Å². The lowest BCUT2D eigenvalue weighted by atomic mass is 9.92. The Labute approximate surface area is 113 Å². The van der Waals surface area contributed by atoms with Gasteiger partial charge >= 0.3 is 0 Å². The monoisotopic (exact) mass is 256 g/mol. The fraction of sp³-hybridized carbons (Fsp3) is 1.00. The number of hydrogen-bond donors (Lipinski definition) is 1. The first-order valence-electron chi connectivity index (χ1n) is 7.60. The Morgan fingerprint density at radius 3 is 2.39 bits per heavy atom. The third-order valence-electron chi connectivity index (χ3n) is 4.87. The zero-order chi connectivity index (χ0) is 13.6. The fourth-order valence-corrected chi connectivity index (χ4v) is 2.88. The van der Waals surface area contributed by atoms with Gasteiger partial charge in [0.2, 0.25) is 0 Å². The van der Waals surface area contributed by atoms with Crippen molar-refractivity contribution in [3.8, 4) is 0 Å².